The van der Waals surface area contributed by atoms with Crippen molar-refractivity contribution in [3.63, 3.8) is 0 Å². The molecule has 118 valence electrons. The average molecular weight is 331 g/mol. The summed E-state index contributed by atoms with van der Waals surface area (Å²) in [6, 6.07) is 12.5. The second-order valence-corrected chi connectivity index (χ2v) is 6.88. The molecule has 6 nitrogen and oxygen atoms in total. The van der Waals surface area contributed by atoms with Crippen molar-refractivity contribution in [1.82, 2.24) is 4.31 Å². The third kappa shape index (κ3) is 2.70. The molecule has 0 aromatic heterocycles. The van der Waals surface area contributed by atoms with Crippen LogP contribution in [0, 0.1) is 0 Å². The second kappa shape index (κ2) is 5.51. The van der Waals surface area contributed by atoms with Gasteiger partial charge in [0.05, 0.1) is 12.1 Å². The van der Waals surface area contributed by atoms with Crippen LogP contribution >= 0.6 is 0 Å². The van der Waals surface area contributed by atoms with Gasteiger partial charge >= 0.3 is 5.97 Å². The van der Waals surface area contributed by atoms with Crippen molar-refractivity contribution in [3.05, 3.63) is 59.7 Å². The third-order valence-corrected chi connectivity index (χ3v) is 5.21. The Balaban J connectivity index is 1.87. The van der Waals surface area contributed by atoms with Gasteiger partial charge in [0.1, 0.15) is 10.6 Å². The molecule has 2 aromatic carbocycles. The van der Waals surface area contributed by atoms with Crippen molar-refractivity contribution < 1.29 is 22.7 Å². The third-order valence-electron chi connectivity index (χ3n) is 3.42. The van der Waals surface area contributed by atoms with E-state index in [2.05, 4.69) is 0 Å². The highest BCUT2D eigenvalue weighted by Crippen LogP contribution is 2.31. The zero-order chi connectivity index (χ0) is 16.6. The number of rotatable bonds is 3. The van der Waals surface area contributed by atoms with Crippen LogP contribution in [-0.2, 0) is 21.4 Å². The fourth-order valence-corrected chi connectivity index (χ4v) is 3.94. The Hall–Kier alpha value is -2.67. The maximum atomic E-state index is 12.4. The van der Waals surface area contributed by atoms with Crippen molar-refractivity contribution in [3.8, 4) is 5.75 Å². The molecule has 7 heteroatoms. The first-order valence-electron chi connectivity index (χ1n) is 6.83. The van der Waals surface area contributed by atoms with Crippen molar-refractivity contribution >= 4 is 21.9 Å². The Morgan fingerprint density at radius 3 is 2.35 bits per heavy atom. The standard InChI is InChI=1S/C16H13NO5S/c1-11(18)22-13-8-6-12(7-9-13)10-17-16(19)14-4-2-3-5-15(14)23(17,20)21/h2-9H,10H2,1H3. The van der Waals surface area contributed by atoms with Gasteiger partial charge in [-0.05, 0) is 29.8 Å². The van der Waals surface area contributed by atoms with E-state index in [4.69, 9.17) is 4.74 Å². The molecule has 1 amide bonds. The minimum atomic E-state index is -3.82. The number of esters is 1. The van der Waals surface area contributed by atoms with Crippen LogP contribution in [0.1, 0.15) is 22.8 Å². The molecule has 3 rings (SSSR count). The molecule has 1 aliphatic heterocycles. The number of carbonyl (C=O) groups is 2. The van der Waals surface area contributed by atoms with Gasteiger partial charge in [-0.2, -0.15) is 0 Å². The van der Waals surface area contributed by atoms with Gasteiger partial charge in [0.15, 0.2) is 0 Å². The lowest BCUT2D eigenvalue weighted by molar-refractivity contribution is -0.131. The maximum Gasteiger partial charge on any atom is 0.308 e. The molecule has 0 saturated carbocycles. The van der Waals surface area contributed by atoms with Crippen LogP contribution in [0.5, 0.6) is 5.75 Å². The van der Waals surface area contributed by atoms with Gasteiger partial charge in [0, 0.05) is 6.92 Å². The molecule has 0 bridgehead atoms. The van der Waals surface area contributed by atoms with Gasteiger partial charge in [0.25, 0.3) is 15.9 Å². The van der Waals surface area contributed by atoms with Crippen LogP contribution in [0.25, 0.3) is 0 Å². The van der Waals surface area contributed by atoms with Gasteiger partial charge < -0.3 is 4.74 Å². The highest BCUT2D eigenvalue weighted by atomic mass is 32.2. The number of nitrogens with zero attached hydrogens (tertiary/aromatic N) is 1. The molecule has 0 spiro atoms. The summed E-state index contributed by atoms with van der Waals surface area (Å²) in [5.41, 5.74) is 0.801. The largest absolute Gasteiger partial charge is 0.427 e. The second-order valence-electron chi connectivity index (χ2n) is 5.05. The van der Waals surface area contributed by atoms with Crippen LogP contribution in [0.3, 0.4) is 0 Å². The highest BCUT2D eigenvalue weighted by molar-refractivity contribution is 7.90. The van der Waals surface area contributed by atoms with E-state index in [9.17, 15) is 18.0 Å². The van der Waals surface area contributed by atoms with Gasteiger partial charge in [-0.1, -0.05) is 24.3 Å². The zero-order valence-corrected chi connectivity index (χ0v) is 13.0. The number of ether oxygens (including phenoxy) is 1. The van der Waals surface area contributed by atoms with E-state index in [1.54, 1.807) is 36.4 Å². The summed E-state index contributed by atoms with van der Waals surface area (Å²) in [5, 5.41) is 0. The predicted octanol–water partition coefficient (Wildman–Crippen LogP) is 1.96. The van der Waals surface area contributed by atoms with Crippen LogP contribution in [0.4, 0.5) is 0 Å². The summed E-state index contributed by atoms with van der Waals surface area (Å²) in [5.74, 6) is -0.615. The summed E-state index contributed by atoms with van der Waals surface area (Å²) in [7, 11) is -3.82. The lowest BCUT2D eigenvalue weighted by Gasteiger charge is -2.15. The molecule has 23 heavy (non-hydrogen) atoms. The Morgan fingerprint density at radius 2 is 1.74 bits per heavy atom. The van der Waals surface area contributed by atoms with E-state index in [1.807, 2.05) is 0 Å². The molecule has 0 unspecified atom stereocenters. The van der Waals surface area contributed by atoms with E-state index in [1.165, 1.54) is 19.1 Å². The Kier molecular flexibility index (Phi) is 3.65. The van der Waals surface area contributed by atoms with Gasteiger partial charge in [-0.25, -0.2) is 12.7 Å². The molecule has 0 N–H and O–H groups in total. The number of benzene rings is 2. The first-order valence-corrected chi connectivity index (χ1v) is 8.27. The smallest absolute Gasteiger partial charge is 0.308 e. The molecule has 1 aliphatic rings. The normalized spacial score (nSPS) is 15.3. The molecular formula is C16H13NO5S. The molecule has 1 heterocycles. The van der Waals surface area contributed by atoms with E-state index in [0.29, 0.717) is 11.3 Å². The maximum absolute atomic E-state index is 12.4. The predicted molar refractivity (Wildman–Crippen MR) is 81.3 cm³/mol. The van der Waals surface area contributed by atoms with E-state index in [0.717, 1.165) is 4.31 Å². The minimum absolute atomic E-state index is 0.0292. The van der Waals surface area contributed by atoms with Crippen molar-refractivity contribution in [2.75, 3.05) is 0 Å². The summed E-state index contributed by atoms with van der Waals surface area (Å²) in [4.78, 5) is 23.2. The van der Waals surface area contributed by atoms with Crippen molar-refractivity contribution in [2.24, 2.45) is 0 Å². The summed E-state index contributed by atoms with van der Waals surface area (Å²) in [6.07, 6.45) is 0. The lowest BCUT2D eigenvalue weighted by atomic mass is 10.2. The van der Waals surface area contributed by atoms with Gasteiger partial charge in [-0.15, -0.1) is 0 Å². The number of sulfonamides is 1. The fraction of sp³-hybridized carbons (Fsp3) is 0.125. The summed E-state index contributed by atoms with van der Waals surface area (Å²) >= 11 is 0. The quantitative estimate of drug-likeness (QED) is 0.634. The van der Waals surface area contributed by atoms with Gasteiger partial charge in [-0.3, -0.25) is 9.59 Å². The SMILES string of the molecule is CC(=O)Oc1ccc(CN2C(=O)c3ccccc3S2(=O)=O)cc1. The first kappa shape index (κ1) is 15.2. The number of hydrogen-bond donors (Lipinski definition) is 0. The zero-order valence-electron chi connectivity index (χ0n) is 12.2. The number of hydrogen-bond acceptors (Lipinski definition) is 5. The lowest BCUT2D eigenvalue weighted by Crippen LogP contribution is -2.29. The molecule has 0 fully saturated rings. The molecule has 2 aromatic rings. The molecule has 0 radical (unpaired) electrons. The van der Waals surface area contributed by atoms with Crippen molar-refractivity contribution in [2.45, 2.75) is 18.4 Å². The molecule has 0 saturated heterocycles. The first-order chi connectivity index (χ1) is 10.9. The molecular weight excluding hydrogens is 318 g/mol. The number of carbonyl (C=O) groups excluding carboxylic acids is 2. The van der Waals surface area contributed by atoms with E-state index >= 15 is 0 Å². The summed E-state index contributed by atoms with van der Waals surface area (Å²) in [6.45, 7) is 1.22. The highest BCUT2D eigenvalue weighted by Gasteiger charge is 2.40. The molecule has 0 aliphatic carbocycles. The fourth-order valence-electron chi connectivity index (χ4n) is 2.38. The number of fused-ring (bicyclic) bond motifs is 1. The Bertz CT molecular complexity index is 887. The van der Waals surface area contributed by atoms with E-state index in [-0.39, 0.29) is 17.0 Å². The van der Waals surface area contributed by atoms with Crippen LogP contribution in [-0.4, -0.2) is 24.6 Å². The summed E-state index contributed by atoms with van der Waals surface area (Å²) < 4.78 is 30.7. The van der Waals surface area contributed by atoms with Gasteiger partial charge in [0.2, 0.25) is 0 Å². The number of amides is 1. The Labute approximate surface area is 133 Å². The Morgan fingerprint density at radius 1 is 1.09 bits per heavy atom. The average Bonchev–Trinajstić information content (AvgIpc) is 2.70. The van der Waals surface area contributed by atoms with E-state index < -0.39 is 21.9 Å². The monoisotopic (exact) mass is 331 g/mol. The molecule has 0 atom stereocenters. The van der Waals surface area contributed by atoms with Crippen LogP contribution in [0.2, 0.25) is 0 Å². The minimum Gasteiger partial charge on any atom is -0.427 e. The topological polar surface area (TPSA) is 80.8 Å². The van der Waals surface area contributed by atoms with Crippen LogP contribution < -0.4 is 4.74 Å². The van der Waals surface area contributed by atoms with Crippen LogP contribution in [0.15, 0.2) is 53.4 Å². The van der Waals surface area contributed by atoms with Crippen molar-refractivity contribution in [1.29, 1.82) is 0 Å².